The Morgan fingerprint density at radius 2 is 1.91 bits per heavy atom. The average Bonchev–Trinajstić information content (AvgIpc) is 1.82. The number of rotatable bonds is 4. The van der Waals surface area contributed by atoms with Gasteiger partial charge in [-0.1, -0.05) is 0 Å². The van der Waals surface area contributed by atoms with Crippen molar-refractivity contribution in [3.8, 4) is 0 Å². The lowest BCUT2D eigenvalue weighted by molar-refractivity contribution is -0.139. The molecule has 0 aromatic heterocycles. The lowest BCUT2D eigenvalue weighted by Crippen LogP contribution is -2.32. The minimum Gasteiger partial charge on any atom is -0.481 e. The molecule has 0 aliphatic carbocycles. The number of amides is 1. The smallest absolute Gasteiger partial charge is 0.404 e. The summed E-state index contributed by atoms with van der Waals surface area (Å²) in [5.41, 5.74) is 0. The number of carbonyl (C=O) groups is 2. The topological polar surface area (TPSA) is 107 Å². The van der Waals surface area contributed by atoms with E-state index >= 15 is 0 Å². The molecule has 0 aliphatic heterocycles. The largest absolute Gasteiger partial charge is 0.481 e. The van der Waals surface area contributed by atoms with Crippen molar-refractivity contribution < 1.29 is 24.9 Å². The van der Waals surface area contributed by atoms with Crippen LogP contribution in [0, 0.1) is 0 Å². The molecule has 1 atom stereocenters. The maximum atomic E-state index is 9.92. The van der Waals surface area contributed by atoms with Crippen molar-refractivity contribution in [3.63, 3.8) is 0 Å². The highest BCUT2D eigenvalue weighted by Crippen LogP contribution is 1.88. The van der Waals surface area contributed by atoms with Crippen molar-refractivity contribution >= 4 is 12.1 Å². The molecule has 1 amide bonds. The molecule has 0 saturated heterocycles. The Morgan fingerprint density at radius 3 is 2.27 bits per heavy atom. The fraction of sp³-hybridized carbons (Fsp3) is 0.600. The Labute approximate surface area is 62.5 Å². The van der Waals surface area contributed by atoms with E-state index in [9.17, 15) is 9.59 Å². The summed E-state index contributed by atoms with van der Waals surface area (Å²) in [5.74, 6) is -1.16. The molecule has 0 spiro atoms. The number of hydrogen-bond donors (Lipinski definition) is 4. The maximum Gasteiger partial charge on any atom is 0.404 e. The summed E-state index contributed by atoms with van der Waals surface area (Å²) in [6.45, 7) is -0.262. The molecule has 0 aromatic carbocycles. The average molecular weight is 163 g/mol. The lowest BCUT2D eigenvalue weighted by Gasteiger charge is -2.05. The van der Waals surface area contributed by atoms with Gasteiger partial charge >= 0.3 is 12.1 Å². The van der Waals surface area contributed by atoms with E-state index in [2.05, 4.69) is 0 Å². The van der Waals surface area contributed by atoms with Gasteiger partial charge in [0.05, 0.1) is 12.5 Å². The van der Waals surface area contributed by atoms with Crippen LogP contribution in [0.4, 0.5) is 4.79 Å². The lowest BCUT2D eigenvalue weighted by atomic mass is 10.2. The standard InChI is InChI=1S/C5H9NO5/c7-3(1-4(8)9)2-6-5(10)11/h3,6-7H,1-2H2,(H,8,9)(H,10,11). The number of carboxylic acid groups (broad SMARTS) is 2. The third kappa shape index (κ3) is 6.59. The van der Waals surface area contributed by atoms with Crippen LogP contribution in [0.3, 0.4) is 0 Å². The Kier molecular flexibility index (Phi) is 3.97. The highest BCUT2D eigenvalue weighted by Gasteiger charge is 2.09. The zero-order valence-electron chi connectivity index (χ0n) is 5.65. The first-order valence-corrected chi connectivity index (χ1v) is 2.89. The Balaban J connectivity index is 3.44. The van der Waals surface area contributed by atoms with Gasteiger partial charge in [0, 0.05) is 6.54 Å². The predicted molar refractivity (Wildman–Crippen MR) is 34.3 cm³/mol. The normalized spacial score (nSPS) is 12.1. The van der Waals surface area contributed by atoms with E-state index in [1.807, 2.05) is 5.32 Å². The minimum absolute atomic E-state index is 0.262. The molecule has 6 nitrogen and oxygen atoms in total. The van der Waals surface area contributed by atoms with Gasteiger partial charge in [0.15, 0.2) is 0 Å². The summed E-state index contributed by atoms with van der Waals surface area (Å²) < 4.78 is 0. The van der Waals surface area contributed by atoms with Crippen molar-refractivity contribution in [1.29, 1.82) is 0 Å². The molecule has 11 heavy (non-hydrogen) atoms. The highest BCUT2D eigenvalue weighted by molar-refractivity contribution is 5.68. The van der Waals surface area contributed by atoms with Gasteiger partial charge in [0.2, 0.25) is 0 Å². The molecule has 6 heteroatoms. The van der Waals surface area contributed by atoms with Crippen LogP contribution in [0.1, 0.15) is 6.42 Å². The highest BCUT2D eigenvalue weighted by atomic mass is 16.4. The van der Waals surface area contributed by atoms with E-state index in [1.54, 1.807) is 0 Å². The number of hydrogen-bond acceptors (Lipinski definition) is 3. The van der Waals surface area contributed by atoms with Crippen LogP contribution in [0.25, 0.3) is 0 Å². The van der Waals surface area contributed by atoms with Gasteiger partial charge in [-0.2, -0.15) is 0 Å². The van der Waals surface area contributed by atoms with E-state index in [0.717, 1.165) is 0 Å². The molecule has 0 saturated carbocycles. The molecule has 1 unspecified atom stereocenters. The Bertz CT molecular complexity index is 157. The van der Waals surface area contributed by atoms with Gasteiger partial charge < -0.3 is 20.6 Å². The summed E-state index contributed by atoms with van der Waals surface area (Å²) in [5, 5.41) is 26.8. The first kappa shape index (κ1) is 9.70. The van der Waals surface area contributed by atoms with Crippen LogP contribution in [0.15, 0.2) is 0 Å². The first-order chi connectivity index (χ1) is 5.02. The van der Waals surface area contributed by atoms with Gasteiger partial charge in [0.1, 0.15) is 0 Å². The first-order valence-electron chi connectivity index (χ1n) is 2.89. The second-order valence-corrected chi connectivity index (χ2v) is 1.94. The van der Waals surface area contributed by atoms with Gasteiger partial charge in [-0.3, -0.25) is 4.79 Å². The van der Waals surface area contributed by atoms with Gasteiger partial charge in [-0.15, -0.1) is 0 Å². The molecule has 0 aliphatic rings. The molecule has 4 N–H and O–H groups in total. The fourth-order valence-corrected chi connectivity index (χ4v) is 0.479. The fourth-order valence-electron chi connectivity index (χ4n) is 0.479. The Hall–Kier alpha value is -1.30. The molecule has 0 aromatic rings. The van der Waals surface area contributed by atoms with E-state index in [4.69, 9.17) is 15.3 Å². The SMILES string of the molecule is O=C(O)CC(O)CNC(=O)O. The van der Waals surface area contributed by atoms with Crippen LogP contribution in [0.5, 0.6) is 0 Å². The summed E-state index contributed by atoms with van der Waals surface area (Å²) in [6, 6.07) is 0. The molecule has 0 heterocycles. The van der Waals surface area contributed by atoms with Crippen molar-refractivity contribution in [2.45, 2.75) is 12.5 Å². The number of aliphatic hydroxyl groups is 1. The molecule has 64 valence electrons. The van der Waals surface area contributed by atoms with Crippen molar-refractivity contribution in [2.24, 2.45) is 0 Å². The molecular formula is C5H9NO5. The molecule has 0 radical (unpaired) electrons. The van der Waals surface area contributed by atoms with E-state index in [-0.39, 0.29) is 6.54 Å². The Morgan fingerprint density at radius 1 is 1.36 bits per heavy atom. The minimum atomic E-state index is -1.28. The third-order valence-corrected chi connectivity index (χ3v) is 0.899. The van der Waals surface area contributed by atoms with Crippen LogP contribution >= 0.6 is 0 Å². The van der Waals surface area contributed by atoms with Gasteiger partial charge in [0.25, 0.3) is 0 Å². The molecule has 0 bridgehead atoms. The monoisotopic (exact) mass is 163 g/mol. The van der Waals surface area contributed by atoms with E-state index in [1.165, 1.54) is 0 Å². The number of nitrogens with one attached hydrogen (secondary N) is 1. The van der Waals surface area contributed by atoms with Crippen molar-refractivity contribution in [1.82, 2.24) is 5.32 Å². The van der Waals surface area contributed by atoms with Crippen LogP contribution in [-0.2, 0) is 4.79 Å². The van der Waals surface area contributed by atoms with Crippen LogP contribution < -0.4 is 5.32 Å². The van der Waals surface area contributed by atoms with Crippen LogP contribution in [-0.4, -0.2) is 40.0 Å². The molecule has 0 rings (SSSR count). The second kappa shape index (κ2) is 4.51. The number of aliphatic carboxylic acids is 1. The van der Waals surface area contributed by atoms with E-state index in [0.29, 0.717) is 0 Å². The van der Waals surface area contributed by atoms with Crippen molar-refractivity contribution in [3.05, 3.63) is 0 Å². The summed E-state index contributed by atoms with van der Waals surface area (Å²) in [6.07, 6.45) is -2.90. The quantitative estimate of drug-likeness (QED) is 0.429. The zero-order valence-corrected chi connectivity index (χ0v) is 5.65. The second-order valence-electron chi connectivity index (χ2n) is 1.94. The molecular weight excluding hydrogens is 154 g/mol. The summed E-state index contributed by atoms with van der Waals surface area (Å²) in [4.78, 5) is 19.7. The zero-order chi connectivity index (χ0) is 8.85. The summed E-state index contributed by atoms with van der Waals surface area (Å²) in [7, 11) is 0. The number of aliphatic hydroxyl groups excluding tert-OH is 1. The van der Waals surface area contributed by atoms with Gasteiger partial charge in [-0.25, -0.2) is 4.79 Å². The van der Waals surface area contributed by atoms with Crippen LogP contribution in [0.2, 0.25) is 0 Å². The third-order valence-electron chi connectivity index (χ3n) is 0.899. The van der Waals surface area contributed by atoms with Gasteiger partial charge in [-0.05, 0) is 0 Å². The van der Waals surface area contributed by atoms with E-state index < -0.39 is 24.6 Å². The summed E-state index contributed by atoms with van der Waals surface area (Å²) >= 11 is 0. The predicted octanol–water partition coefficient (Wildman–Crippen LogP) is -0.910. The molecule has 0 fully saturated rings. The van der Waals surface area contributed by atoms with Crippen molar-refractivity contribution in [2.75, 3.05) is 6.54 Å². The maximum absolute atomic E-state index is 9.92. The number of carboxylic acids is 1.